The Kier molecular flexibility index (Phi) is 8.22. The van der Waals surface area contributed by atoms with Gasteiger partial charge < -0.3 is 4.90 Å². The molecule has 1 amide bonds. The van der Waals surface area contributed by atoms with Crippen LogP contribution in [0.25, 0.3) is 0 Å². The molecule has 158 valence electrons. The third-order valence-corrected chi connectivity index (χ3v) is 77.4. The lowest BCUT2D eigenvalue weighted by atomic mass is 10.0. The number of likely N-dealkylation sites (tertiary alicyclic amines) is 1. The molecule has 1 aliphatic rings. The number of carbonyl (C=O) groups excluding carboxylic acids is 1. The molecule has 0 aromatic rings. The molecular formula is C21H47NOSi4. The van der Waals surface area contributed by atoms with E-state index < -0.39 is 29.4 Å². The van der Waals surface area contributed by atoms with Crippen molar-refractivity contribution in [1.82, 2.24) is 4.90 Å². The van der Waals surface area contributed by atoms with E-state index in [-0.39, 0.29) is 0 Å². The van der Waals surface area contributed by atoms with Gasteiger partial charge in [-0.05, 0) is 25.2 Å². The molecule has 1 saturated heterocycles. The van der Waals surface area contributed by atoms with Crippen LogP contribution in [0.3, 0.4) is 0 Å². The number of amides is 1. The minimum absolute atomic E-state index is 0.384. The topological polar surface area (TPSA) is 20.3 Å². The van der Waals surface area contributed by atoms with Crippen LogP contribution in [0.5, 0.6) is 0 Å². The van der Waals surface area contributed by atoms with Crippen molar-refractivity contribution < 1.29 is 4.79 Å². The van der Waals surface area contributed by atoms with E-state index in [0.717, 1.165) is 19.5 Å². The van der Waals surface area contributed by atoms with E-state index in [2.05, 4.69) is 83.4 Å². The quantitative estimate of drug-likeness (QED) is 0.354. The standard InChI is InChI=1S/C21H47NOSi4/c1-19(2)17-22-16-14-12-13-15-20(21(22)23)18-27(24(3,4)5,25(6,7)8)26(9,10)11/h18-19H,12-17H2,1-11H3/b20-18-. The largest absolute Gasteiger partial charge is 0.339 e. The molecule has 0 aromatic heterocycles. The Hall–Kier alpha value is 0.0775. The number of hydrogen-bond donors (Lipinski definition) is 0. The first-order valence-corrected chi connectivity index (χ1v) is 26.6. The van der Waals surface area contributed by atoms with E-state index in [1.165, 1.54) is 24.8 Å². The van der Waals surface area contributed by atoms with Crippen LogP contribution in [0.2, 0.25) is 58.9 Å². The van der Waals surface area contributed by atoms with Crippen LogP contribution in [0.1, 0.15) is 39.5 Å². The molecular weight excluding hydrogens is 395 g/mol. The molecule has 27 heavy (non-hydrogen) atoms. The Labute approximate surface area is 173 Å². The molecule has 2 nitrogen and oxygen atoms in total. The SMILES string of the molecule is CC(C)CN1CCCCC/C(=C/[Si]([Si](C)(C)C)([Si](C)(C)C)[Si](C)(C)C)C1=O. The summed E-state index contributed by atoms with van der Waals surface area (Å²) in [4.78, 5) is 15.8. The molecule has 1 rings (SSSR count). The molecule has 0 aliphatic carbocycles. The normalized spacial score (nSPS) is 20.2. The lowest BCUT2D eigenvalue weighted by Crippen LogP contribution is -2.82. The Morgan fingerprint density at radius 3 is 1.74 bits per heavy atom. The summed E-state index contributed by atoms with van der Waals surface area (Å²) in [5.74, 6) is 0.928. The van der Waals surface area contributed by atoms with Gasteiger partial charge >= 0.3 is 0 Å². The Balaban J connectivity index is 3.61. The Morgan fingerprint density at radius 2 is 1.33 bits per heavy atom. The molecule has 1 heterocycles. The maximum absolute atomic E-state index is 13.6. The predicted molar refractivity (Wildman–Crippen MR) is 134 cm³/mol. The van der Waals surface area contributed by atoms with Crippen molar-refractivity contribution in [2.45, 2.75) is 98.5 Å². The summed E-state index contributed by atoms with van der Waals surface area (Å²) in [5, 5.41) is 0. The summed E-state index contributed by atoms with van der Waals surface area (Å²) in [5.41, 5.74) is 3.97. The third-order valence-electron chi connectivity index (χ3n) is 6.46. The van der Waals surface area contributed by atoms with Crippen LogP contribution in [0.15, 0.2) is 11.3 Å². The van der Waals surface area contributed by atoms with E-state index in [1.807, 2.05) is 0 Å². The van der Waals surface area contributed by atoms with Gasteiger partial charge in [0.1, 0.15) is 0 Å². The average molecular weight is 442 g/mol. The van der Waals surface area contributed by atoms with Crippen molar-refractivity contribution in [3.63, 3.8) is 0 Å². The van der Waals surface area contributed by atoms with Crippen LogP contribution in [-0.4, -0.2) is 53.3 Å². The predicted octanol–water partition coefficient (Wildman–Crippen LogP) is 6.21. The highest BCUT2D eigenvalue weighted by Gasteiger charge is 2.60. The van der Waals surface area contributed by atoms with Crippen LogP contribution >= 0.6 is 0 Å². The van der Waals surface area contributed by atoms with Gasteiger partial charge in [-0.2, -0.15) is 0 Å². The molecule has 0 aromatic carbocycles. The first-order chi connectivity index (χ1) is 12.0. The first-order valence-electron chi connectivity index (χ1n) is 11.1. The summed E-state index contributed by atoms with van der Waals surface area (Å²) in [6.07, 6.45) is 4.65. The van der Waals surface area contributed by atoms with E-state index in [4.69, 9.17) is 0 Å². The van der Waals surface area contributed by atoms with Gasteiger partial charge in [0.2, 0.25) is 5.91 Å². The first kappa shape index (κ1) is 25.1. The van der Waals surface area contributed by atoms with E-state index in [0.29, 0.717) is 11.8 Å². The smallest absolute Gasteiger partial charge is 0.249 e. The maximum atomic E-state index is 13.6. The molecule has 0 unspecified atom stereocenters. The highest BCUT2D eigenvalue weighted by atomic mass is 29.9. The van der Waals surface area contributed by atoms with Crippen LogP contribution in [-0.2, 0) is 4.79 Å². The molecule has 6 heteroatoms. The monoisotopic (exact) mass is 441 g/mol. The summed E-state index contributed by atoms with van der Waals surface area (Å²) < 4.78 is 0. The van der Waals surface area contributed by atoms with Gasteiger partial charge in [-0.15, -0.1) is 0 Å². The number of carbonyl (C=O) groups is 1. The minimum atomic E-state index is -1.63. The molecule has 1 aliphatic heterocycles. The zero-order valence-electron chi connectivity index (χ0n) is 20.3. The molecule has 0 spiro atoms. The lowest BCUT2D eigenvalue weighted by molar-refractivity contribution is -0.128. The lowest BCUT2D eigenvalue weighted by Gasteiger charge is -2.56. The van der Waals surface area contributed by atoms with Gasteiger partial charge in [-0.3, -0.25) is 4.79 Å². The van der Waals surface area contributed by atoms with Crippen LogP contribution < -0.4 is 0 Å². The van der Waals surface area contributed by atoms with Crippen molar-refractivity contribution in [3.8, 4) is 0 Å². The van der Waals surface area contributed by atoms with E-state index in [9.17, 15) is 4.79 Å². The fraction of sp³-hybridized carbons (Fsp3) is 0.857. The van der Waals surface area contributed by atoms with Gasteiger partial charge in [0.25, 0.3) is 0 Å². The second kappa shape index (κ2) is 8.84. The van der Waals surface area contributed by atoms with E-state index in [1.54, 1.807) is 0 Å². The van der Waals surface area contributed by atoms with Gasteiger partial charge in [0.05, 0.1) is 6.63 Å². The second-order valence-electron chi connectivity index (χ2n) is 12.2. The third kappa shape index (κ3) is 5.57. The van der Waals surface area contributed by atoms with Crippen molar-refractivity contribution >= 4 is 35.3 Å². The van der Waals surface area contributed by atoms with Crippen molar-refractivity contribution in [2.24, 2.45) is 5.92 Å². The van der Waals surface area contributed by atoms with Crippen LogP contribution in [0, 0.1) is 5.92 Å². The van der Waals surface area contributed by atoms with Crippen molar-refractivity contribution in [1.29, 1.82) is 0 Å². The van der Waals surface area contributed by atoms with Gasteiger partial charge in [0.15, 0.2) is 0 Å². The van der Waals surface area contributed by atoms with Gasteiger partial charge in [0, 0.05) is 41.4 Å². The molecule has 0 bridgehead atoms. The molecule has 0 N–H and O–H groups in total. The Morgan fingerprint density at radius 1 is 0.852 bits per heavy atom. The second-order valence-corrected chi connectivity index (χ2v) is 52.7. The molecule has 1 fully saturated rings. The zero-order valence-corrected chi connectivity index (χ0v) is 24.3. The minimum Gasteiger partial charge on any atom is -0.339 e. The molecule has 0 radical (unpaired) electrons. The number of nitrogens with zero attached hydrogens (tertiary/aromatic N) is 1. The maximum Gasteiger partial charge on any atom is 0.249 e. The van der Waals surface area contributed by atoms with Crippen molar-refractivity contribution in [3.05, 3.63) is 11.3 Å². The van der Waals surface area contributed by atoms with Gasteiger partial charge in [-0.25, -0.2) is 0 Å². The Bertz CT molecular complexity index is 514. The van der Waals surface area contributed by atoms with Gasteiger partial charge in [-0.1, -0.05) is 84.9 Å². The summed E-state index contributed by atoms with van der Waals surface area (Å²) in [6.45, 7) is 28.3. The summed E-state index contributed by atoms with van der Waals surface area (Å²) in [6, 6.07) is 0. The van der Waals surface area contributed by atoms with E-state index >= 15 is 0 Å². The summed E-state index contributed by atoms with van der Waals surface area (Å²) >= 11 is 0. The fourth-order valence-electron chi connectivity index (χ4n) is 6.24. The zero-order chi connectivity index (χ0) is 21.3. The van der Waals surface area contributed by atoms with Crippen LogP contribution in [0.4, 0.5) is 0 Å². The highest BCUT2D eigenvalue weighted by molar-refractivity contribution is 7.90. The van der Waals surface area contributed by atoms with Crippen molar-refractivity contribution in [2.75, 3.05) is 13.1 Å². The number of rotatable bonds is 6. The fourth-order valence-corrected chi connectivity index (χ4v) is 102. The molecule has 0 saturated carbocycles. The number of hydrogen-bond acceptors (Lipinski definition) is 1. The average Bonchev–Trinajstić information content (AvgIpc) is 2.41. The highest BCUT2D eigenvalue weighted by Crippen LogP contribution is 2.39. The molecule has 0 atom stereocenters. The summed E-state index contributed by atoms with van der Waals surface area (Å²) in [7, 11) is -4.17.